The molecule has 0 atom stereocenters. The van der Waals surface area contributed by atoms with Crippen molar-refractivity contribution in [3.8, 4) is 0 Å². The summed E-state index contributed by atoms with van der Waals surface area (Å²) in [4.78, 5) is 14.2. The molecule has 0 amide bonds. The lowest BCUT2D eigenvalue weighted by atomic mass is 10.2. The van der Waals surface area contributed by atoms with Gasteiger partial charge in [-0.2, -0.15) is 5.10 Å². The van der Waals surface area contributed by atoms with Crippen molar-refractivity contribution < 1.29 is 9.31 Å². The molecule has 0 saturated heterocycles. The van der Waals surface area contributed by atoms with Gasteiger partial charge in [0.25, 0.3) is 5.69 Å². The maximum absolute atomic E-state index is 13.1. The molecule has 0 aliphatic heterocycles. The standard InChI is InChI=1S/C11H12FN5O2/c12-8-3-4-10(17(18)19)9(6-8)13-5-1-2-11-14-7-15-16-11/h3-4,6-7,13H,1-2,5H2,(H,14,15,16). The highest BCUT2D eigenvalue weighted by Crippen LogP contribution is 2.24. The zero-order valence-electron chi connectivity index (χ0n) is 9.97. The number of hydrogen-bond donors (Lipinski definition) is 2. The lowest BCUT2D eigenvalue weighted by Gasteiger charge is -2.06. The first-order valence-electron chi connectivity index (χ1n) is 5.69. The minimum atomic E-state index is -0.543. The van der Waals surface area contributed by atoms with Crippen molar-refractivity contribution in [2.24, 2.45) is 0 Å². The Morgan fingerprint density at radius 3 is 3.00 bits per heavy atom. The number of nitro benzene ring substituents is 1. The van der Waals surface area contributed by atoms with Gasteiger partial charge >= 0.3 is 0 Å². The molecule has 0 saturated carbocycles. The Morgan fingerprint density at radius 2 is 2.32 bits per heavy atom. The number of benzene rings is 1. The second-order valence-corrected chi connectivity index (χ2v) is 3.88. The van der Waals surface area contributed by atoms with E-state index in [9.17, 15) is 14.5 Å². The fourth-order valence-electron chi connectivity index (χ4n) is 1.64. The number of nitrogens with one attached hydrogen (secondary N) is 2. The predicted molar refractivity (Wildman–Crippen MR) is 66.2 cm³/mol. The minimum absolute atomic E-state index is 0.138. The highest BCUT2D eigenvalue weighted by molar-refractivity contribution is 5.61. The molecule has 0 spiro atoms. The number of aromatic nitrogens is 3. The molecule has 100 valence electrons. The van der Waals surface area contributed by atoms with E-state index in [0.717, 1.165) is 24.0 Å². The van der Waals surface area contributed by atoms with Crippen LogP contribution in [0.15, 0.2) is 24.5 Å². The van der Waals surface area contributed by atoms with Gasteiger partial charge in [-0.1, -0.05) is 0 Å². The first kappa shape index (κ1) is 12.9. The third-order valence-electron chi connectivity index (χ3n) is 2.53. The van der Waals surface area contributed by atoms with Crippen LogP contribution in [0.1, 0.15) is 12.2 Å². The summed E-state index contributed by atoms with van der Waals surface area (Å²) in [7, 11) is 0. The zero-order valence-corrected chi connectivity index (χ0v) is 9.97. The quantitative estimate of drug-likeness (QED) is 0.472. The summed E-state index contributed by atoms with van der Waals surface area (Å²) in [5.74, 6) is 0.235. The molecular formula is C11H12FN5O2. The summed E-state index contributed by atoms with van der Waals surface area (Å²) in [5, 5.41) is 20.1. The molecule has 19 heavy (non-hydrogen) atoms. The molecule has 0 aliphatic carbocycles. The van der Waals surface area contributed by atoms with Gasteiger partial charge in [0.1, 0.15) is 23.7 Å². The molecule has 0 aliphatic rings. The van der Waals surface area contributed by atoms with Gasteiger partial charge in [0.2, 0.25) is 0 Å². The number of anilines is 1. The summed E-state index contributed by atoms with van der Waals surface area (Å²) in [6.45, 7) is 0.477. The number of rotatable bonds is 6. The first-order valence-corrected chi connectivity index (χ1v) is 5.69. The summed E-state index contributed by atoms with van der Waals surface area (Å²) in [5.41, 5.74) is 0.0450. The van der Waals surface area contributed by atoms with Crippen molar-refractivity contribution in [1.29, 1.82) is 0 Å². The predicted octanol–water partition coefficient (Wildman–Crippen LogP) is 1.90. The highest BCUT2D eigenvalue weighted by Gasteiger charge is 2.13. The zero-order chi connectivity index (χ0) is 13.7. The number of nitrogens with zero attached hydrogens (tertiary/aromatic N) is 3. The van der Waals surface area contributed by atoms with Gasteiger partial charge in [-0.05, 0) is 12.5 Å². The molecule has 1 aromatic carbocycles. The number of aryl methyl sites for hydroxylation is 1. The molecular weight excluding hydrogens is 253 g/mol. The highest BCUT2D eigenvalue weighted by atomic mass is 19.1. The molecule has 8 heteroatoms. The molecule has 1 aromatic heterocycles. The fraction of sp³-hybridized carbons (Fsp3) is 0.273. The maximum atomic E-state index is 13.1. The summed E-state index contributed by atoms with van der Waals surface area (Å²) in [6, 6.07) is 3.33. The van der Waals surface area contributed by atoms with Crippen LogP contribution in [-0.4, -0.2) is 26.6 Å². The van der Waals surface area contributed by atoms with Crippen molar-refractivity contribution in [3.63, 3.8) is 0 Å². The monoisotopic (exact) mass is 265 g/mol. The van der Waals surface area contributed by atoms with Crippen LogP contribution < -0.4 is 5.32 Å². The van der Waals surface area contributed by atoms with Crippen molar-refractivity contribution in [2.45, 2.75) is 12.8 Å². The van der Waals surface area contributed by atoms with Gasteiger partial charge in [-0.15, -0.1) is 0 Å². The lowest BCUT2D eigenvalue weighted by Crippen LogP contribution is -2.06. The molecule has 0 unspecified atom stereocenters. The van der Waals surface area contributed by atoms with E-state index in [4.69, 9.17) is 0 Å². The summed E-state index contributed by atoms with van der Waals surface area (Å²) >= 11 is 0. The number of nitro groups is 1. The van der Waals surface area contributed by atoms with Crippen LogP contribution in [0.25, 0.3) is 0 Å². The molecule has 0 fully saturated rings. The minimum Gasteiger partial charge on any atom is -0.379 e. The Hall–Kier alpha value is -2.51. The molecule has 0 radical (unpaired) electrons. The lowest BCUT2D eigenvalue weighted by molar-refractivity contribution is -0.384. The maximum Gasteiger partial charge on any atom is 0.292 e. The van der Waals surface area contributed by atoms with E-state index < -0.39 is 10.7 Å². The van der Waals surface area contributed by atoms with Gasteiger partial charge in [-0.3, -0.25) is 15.2 Å². The SMILES string of the molecule is O=[N+]([O-])c1ccc(F)cc1NCCCc1ncn[nH]1. The molecule has 7 nitrogen and oxygen atoms in total. The van der Waals surface area contributed by atoms with Crippen LogP contribution in [0.5, 0.6) is 0 Å². The van der Waals surface area contributed by atoms with E-state index in [2.05, 4.69) is 20.5 Å². The van der Waals surface area contributed by atoms with Crippen molar-refractivity contribution in [2.75, 3.05) is 11.9 Å². The van der Waals surface area contributed by atoms with E-state index in [1.54, 1.807) is 0 Å². The average molecular weight is 265 g/mol. The smallest absolute Gasteiger partial charge is 0.292 e. The Kier molecular flexibility index (Phi) is 4.01. The van der Waals surface area contributed by atoms with Crippen LogP contribution in [-0.2, 0) is 6.42 Å². The number of H-pyrrole nitrogens is 1. The topological polar surface area (TPSA) is 96.7 Å². The Morgan fingerprint density at radius 1 is 1.47 bits per heavy atom. The van der Waals surface area contributed by atoms with Crippen LogP contribution >= 0.6 is 0 Å². The van der Waals surface area contributed by atoms with E-state index in [1.165, 1.54) is 6.33 Å². The van der Waals surface area contributed by atoms with Gasteiger partial charge in [0.15, 0.2) is 0 Å². The Balaban J connectivity index is 1.91. The van der Waals surface area contributed by atoms with E-state index in [0.29, 0.717) is 19.4 Å². The van der Waals surface area contributed by atoms with Crippen LogP contribution in [0, 0.1) is 15.9 Å². The van der Waals surface area contributed by atoms with Crippen LogP contribution in [0.3, 0.4) is 0 Å². The van der Waals surface area contributed by atoms with Crippen LogP contribution in [0.2, 0.25) is 0 Å². The van der Waals surface area contributed by atoms with Crippen molar-refractivity contribution in [3.05, 3.63) is 46.3 Å². The third-order valence-corrected chi connectivity index (χ3v) is 2.53. The molecule has 2 N–H and O–H groups in total. The average Bonchev–Trinajstić information content (AvgIpc) is 2.87. The summed E-state index contributed by atoms with van der Waals surface area (Å²) in [6.07, 6.45) is 2.78. The number of aromatic amines is 1. The second kappa shape index (κ2) is 5.89. The molecule has 0 bridgehead atoms. The molecule has 2 rings (SSSR count). The van der Waals surface area contributed by atoms with Gasteiger partial charge in [0.05, 0.1) is 4.92 Å². The summed E-state index contributed by atoms with van der Waals surface area (Å²) < 4.78 is 13.1. The van der Waals surface area contributed by atoms with Crippen LogP contribution in [0.4, 0.5) is 15.8 Å². The number of hydrogen-bond acceptors (Lipinski definition) is 5. The van der Waals surface area contributed by atoms with E-state index >= 15 is 0 Å². The Bertz CT molecular complexity index is 558. The largest absolute Gasteiger partial charge is 0.379 e. The van der Waals surface area contributed by atoms with E-state index in [-0.39, 0.29) is 11.4 Å². The van der Waals surface area contributed by atoms with Gasteiger partial charge < -0.3 is 5.32 Å². The first-order chi connectivity index (χ1) is 9.16. The molecule has 2 aromatic rings. The number of halogens is 1. The Labute approximate surface area is 108 Å². The third kappa shape index (κ3) is 3.47. The fourth-order valence-corrected chi connectivity index (χ4v) is 1.64. The van der Waals surface area contributed by atoms with Gasteiger partial charge in [-0.25, -0.2) is 9.37 Å². The molecule has 1 heterocycles. The van der Waals surface area contributed by atoms with Crippen molar-refractivity contribution >= 4 is 11.4 Å². The van der Waals surface area contributed by atoms with Crippen molar-refractivity contribution in [1.82, 2.24) is 15.2 Å². The normalized spacial score (nSPS) is 10.4. The second-order valence-electron chi connectivity index (χ2n) is 3.88. The van der Waals surface area contributed by atoms with E-state index in [1.807, 2.05) is 0 Å². The van der Waals surface area contributed by atoms with Gasteiger partial charge in [0, 0.05) is 25.1 Å².